The van der Waals surface area contributed by atoms with Gasteiger partial charge in [0.05, 0.1) is 12.2 Å². The van der Waals surface area contributed by atoms with Gasteiger partial charge in [0, 0.05) is 25.1 Å². The molecule has 1 fully saturated rings. The maximum absolute atomic E-state index is 12.2. The van der Waals surface area contributed by atoms with Gasteiger partial charge in [0.25, 0.3) is 0 Å². The minimum absolute atomic E-state index is 0.0343. The fraction of sp³-hybridized carbons (Fsp3) is 0.500. The van der Waals surface area contributed by atoms with Gasteiger partial charge in [0.1, 0.15) is 0 Å². The zero-order valence-electron chi connectivity index (χ0n) is 12.6. The van der Waals surface area contributed by atoms with Gasteiger partial charge in [-0.15, -0.1) is 0 Å². The van der Waals surface area contributed by atoms with Gasteiger partial charge in [-0.05, 0) is 37.0 Å². The third kappa shape index (κ3) is 4.05. The largest absolute Gasteiger partial charge is 0.390 e. The second kappa shape index (κ2) is 7.38. The molecule has 1 aromatic rings. The maximum Gasteiger partial charge on any atom is 0.248 e. The molecule has 0 heterocycles. The molecule has 3 atom stereocenters. The molecular weight excluding hydrogens is 284 g/mol. The highest BCUT2D eigenvalue weighted by Gasteiger charge is 2.32. The van der Waals surface area contributed by atoms with Crippen molar-refractivity contribution in [3.63, 3.8) is 0 Å². The summed E-state index contributed by atoms with van der Waals surface area (Å²) in [4.78, 5) is 23.2. The van der Waals surface area contributed by atoms with Gasteiger partial charge in [-0.1, -0.05) is 12.1 Å². The third-order valence-corrected chi connectivity index (χ3v) is 4.14. The quantitative estimate of drug-likeness (QED) is 0.740. The van der Waals surface area contributed by atoms with Crippen molar-refractivity contribution < 1.29 is 19.4 Å². The van der Waals surface area contributed by atoms with Crippen LogP contribution in [0.15, 0.2) is 24.3 Å². The first kappa shape index (κ1) is 16.5. The Morgan fingerprint density at radius 2 is 2.00 bits per heavy atom. The summed E-state index contributed by atoms with van der Waals surface area (Å²) in [6.07, 6.45) is 0.997. The summed E-state index contributed by atoms with van der Waals surface area (Å²) in [5.41, 5.74) is 6.52. The predicted molar refractivity (Wildman–Crippen MR) is 81.0 cm³/mol. The highest BCUT2D eigenvalue weighted by Crippen LogP contribution is 2.26. The summed E-state index contributed by atoms with van der Waals surface area (Å²) in [6, 6.07) is 6.81. The van der Waals surface area contributed by atoms with Crippen LogP contribution >= 0.6 is 0 Å². The molecule has 0 radical (unpaired) electrons. The molecule has 0 aliphatic heterocycles. The van der Waals surface area contributed by atoms with Crippen LogP contribution in [-0.4, -0.2) is 36.2 Å². The van der Waals surface area contributed by atoms with E-state index in [1.54, 1.807) is 31.4 Å². The van der Waals surface area contributed by atoms with E-state index in [-0.39, 0.29) is 17.9 Å². The number of nitrogens with two attached hydrogens (primary N) is 1. The number of aliphatic hydroxyl groups is 1. The summed E-state index contributed by atoms with van der Waals surface area (Å²) in [6.45, 7) is 0.397. The Balaban J connectivity index is 1.86. The minimum Gasteiger partial charge on any atom is -0.390 e. The van der Waals surface area contributed by atoms with Crippen LogP contribution in [0.5, 0.6) is 0 Å². The Labute approximate surface area is 129 Å². The number of rotatable bonds is 5. The Morgan fingerprint density at radius 1 is 1.32 bits per heavy atom. The van der Waals surface area contributed by atoms with Gasteiger partial charge in [0.15, 0.2) is 0 Å². The van der Waals surface area contributed by atoms with Crippen molar-refractivity contribution in [2.75, 3.05) is 7.11 Å². The molecule has 22 heavy (non-hydrogen) atoms. The van der Waals surface area contributed by atoms with E-state index in [9.17, 15) is 14.7 Å². The summed E-state index contributed by atoms with van der Waals surface area (Å²) in [7, 11) is 1.55. The number of carbonyl (C=O) groups is 2. The third-order valence-electron chi connectivity index (χ3n) is 4.14. The average molecular weight is 306 g/mol. The predicted octanol–water partition coefficient (Wildman–Crippen LogP) is 0.578. The molecule has 1 aliphatic rings. The number of primary amides is 1. The number of hydrogen-bond donors (Lipinski definition) is 3. The van der Waals surface area contributed by atoms with Crippen LogP contribution in [0.4, 0.5) is 0 Å². The fourth-order valence-corrected chi connectivity index (χ4v) is 2.73. The fourth-order valence-electron chi connectivity index (χ4n) is 2.73. The van der Waals surface area contributed by atoms with Crippen LogP contribution in [0.1, 0.15) is 35.2 Å². The van der Waals surface area contributed by atoms with E-state index in [0.29, 0.717) is 31.4 Å². The standard InChI is InChI=1S/C16H22N2O4/c1-22-14-8-12(6-7-13(14)19)16(21)18-9-10-2-4-11(5-3-10)15(17)20/h2-5,12-14,19H,6-9H2,1H3,(H2,17,20)(H,18,21). The van der Waals surface area contributed by atoms with Crippen molar-refractivity contribution in [1.29, 1.82) is 0 Å². The maximum atomic E-state index is 12.2. The van der Waals surface area contributed by atoms with Crippen molar-refractivity contribution in [1.82, 2.24) is 5.32 Å². The summed E-state index contributed by atoms with van der Waals surface area (Å²) in [5, 5.41) is 12.6. The number of aliphatic hydroxyl groups excluding tert-OH is 1. The molecule has 120 valence electrons. The molecule has 4 N–H and O–H groups in total. The SMILES string of the molecule is COC1CC(C(=O)NCc2ccc(C(N)=O)cc2)CCC1O. The number of hydrogen-bond acceptors (Lipinski definition) is 4. The molecular formula is C16H22N2O4. The lowest BCUT2D eigenvalue weighted by atomic mass is 9.84. The molecule has 2 rings (SSSR count). The van der Waals surface area contributed by atoms with Crippen molar-refractivity contribution in [2.24, 2.45) is 11.7 Å². The molecule has 3 unspecified atom stereocenters. The second-order valence-corrected chi connectivity index (χ2v) is 5.63. The van der Waals surface area contributed by atoms with Crippen molar-refractivity contribution in [3.8, 4) is 0 Å². The van der Waals surface area contributed by atoms with E-state index in [2.05, 4.69) is 5.32 Å². The van der Waals surface area contributed by atoms with Crippen LogP contribution in [0, 0.1) is 5.92 Å². The first-order valence-corrected chi connectivity index (χ1v) is 7.38. The summed E-state index contributed by atoms with van der Waals surface area (Å²) < 4.78 is 5.21. The lowest BCUT2D eigenvalue weighted by Crippen LogP contribution is -2.41. The van der Waals surface area contributed by atoms with Crippen molar-refractivity contribution in [2.45, 2.75) is 38.0 Å². The van der Waals surface area contributed by atoms with Crippen LogP contribution in [0.2, 0.25) is 0 Å². The van der Waals surface area contributed by atoms with Crippen LogP contribution < -0.4 is 11.1 Å². The molecule has 1 aliphatic carbocycles. The monoisotopic (exact) mass is 306 g/mol. The van der Waals surface area contributed by atoms with Gasteiger partial charge in [-0.25, -0.2) is 0 Å². The number of carbonyl (C=O) groups excluding carboxylic acids is 2. The first-order chi connectivity index (χ1) is 10.5. The van der Waals surface area contributed by atoms with Crippen molar-refractivity contribution >= 4 is 11.8 Å². The van der Waals surface area contributed by atoms with E-state index >= 15 is 0 Å². The molecule has 0 bridgehead atoms. The molecule has 0 saturated heterocycles. The van der Waals surface area contributed by atoms with E-state index in [4.69, 9.17) is 10.5 Å². The van der Waals surface area contributed by atoms with Gasteiger partial charge in [-0.2, -0.15) is 0 Å². The lowest BCUT2D eigenvalue weighted by Gasteiger charge is -2.31. The molecule has 1 aromatic carbocycles. The van der Waals surface area contributed by atoms with Crippen LogP contribution in [-0.2, 0) is 16.1 Å². The smallest absolute Gasteiger partial charge is 0.248 e. The minimum atomic E-state index is -0.490. The second-order valence-electron chi connectivity index (χ2n) is 5.63. The van der Waals surface area contributed by atoms with E-state index < -0.39 is 12.0 Å². The normalized spacial score (nSPS) is 24.7. The zero-order valence-corrected chi connectivity index (χ0v) is 12.6. The molecule has 0 spiro atoms. The van der Waals surface area contributed by atoms with Gasteiger partial charge >= 0.3 is 0 Å². The number of ether oxygens (including phenoxy) is 1. The molecule has 6 heteroatoms. The van der Waals surface area contributed by atoms with Gasteiger partial charge < -0.3 is 20.9 Å². The van der Waals surface area contributed by atoms with Crippen molar-refractivity contribution in [3.05, 3.63) is 35.4 Å². The summed E-state index contributed by atoms with van der Waals surface area (Å²) in [5.74, 6) is -0.645. The number of methoxy groups -OCH3 is 1. The summed E-state index contributed by atoms with van der Waals surface area (Å²) >= 11 is 0. The van der Waals surface area contributed by atoms with Crippen LogP contribution in [0.3, 0.4) is 0 Å². The lowest BCUT2D eigenvalue weighted by molar-refractivity contribution is -0.130. The van der Waals surface area contributed by atoms with E-state index in [1.807, 2.05) is 0 Å². The molecule has 2 amide bonds. The Morgan fingerprint density at radius 3 is 2.59 bits per heavy atom. The zero-order chi connectivity index (χ0) is 16.1. The van der Waals surface area contributed by atoms with E-state index in [0.717, 1.165) is 5.56 Å². The molecule has 0 aromatic heterocycles. The molecule has 6 nitrogen and oxygen atoms in total. The Hall–Kier alpha value is -1.92. The van der Waals surface area contributed by atoms with Crippen LogP contribution in [0.25, 0.3) is 0 Å². The first-order valence-electron chi connectivity index (χ1n) is 7.38. The highest BCUT2D eigenvalue weighted by atomic mass is 16.5. The Bertz CT molecular complexity index is 529. The number of nitrogens with one attached hydrogen (secondary N) is 1. The number of benzene rings is 1. The Kier molecular flexibility index (Phi) is 5.51. The topological polar surface area (TPSA) is 102 Å². The van der Waals surface area contributed by atoms with Gasteiger partial charge in [0.2, 0.25) is 11.8 Å². The number of amides is 2. The molecule has 1 saturated carbocycles. The van der Waals surface area contributed by atoms with E-state index in [1.165, 1.54) is 0 Å². The highest BCUT2D eigenvalue weighted by molar-refractivity contribution is 5.92. The average Bonchev–Trinajstić information content (AvgIpc) is 2.53. The van der Waals surface area contributed by atoms with Gasteiger partial charge in [-0.3, -0.25) is 9.59 Å².